The van der Waals surface area contributed by atoms with Gasteiger partial charge in [-0.25, -0.2) is 4.79 Å². The Morgan fingerprint density at radius 3 is 2.60 bits per heavy atom. The number of alkyl halides is 3. The summed E-state index contributed by atoms with van der Waals surface area (Å²) < 4.78 is 35.7. The van der Waals surface area contributed by atoms with Crippen LogP contribution in [0.1, 0.15) is 32.1 Å². The van der Waals surface area contributed by atoms with Crippen LogP contribution in [-0.2, 0) is 4.79 Å². The summed E-state index contributed by atoms with van der Waals surface area (Å²) in [5.41, 5.74) is 0. The number of carbonyl (C=O) groups excluding carboxylic acids is 1. The Morgan fingerprint density at radius 2 is 2.00 bits per heavy atom. The van der Waals surface area contributed by atoms with Gasteiger partial charge in [0, 0.05) is 26.1 Å². The van der Waals surface area contributed by atoms with E-state index in [2.05, 4.69) is 5.32 Å². The fraction of sp³-hybridized carbons (Fsp3) is 0.833. The molecule has 1 aliphatic rings. The van der Waals surface area contributed by atoms with Crippen LogP contribution in [0, 0.1) is 5.92 Å². The smallest absolute Gasteiger partial charge is 0.389 e. The molecule has 2 N–H and O–H groups in total. The van der Waals surface area contributed by atoms with Crippen LogP contribution >= 0.6 is 0 Å². The topological polar surface area (TPSA) is 69.6 Å². The summed E-state index contributed by atoms with van der Waals surface area (Å²) in [4.78, 5) is 24.0. The highest BCUT2D eigenvalue weighted by molar-refractivity contribution is 5.76. The van der Waals surface area contributed by atoms with E-state index < -0.39 is 30.5 Å². The van der Waals surface area contributed by atoms with Gasteiger partial charge in [0.15, 0.2) is 0 Å². The van der Waals surface area contributed by atoms with Crippen molar-refractivity contribution in [3.8, 4) is 0 Å². The summed E-state index contributed by atoms with van der Waals surface area (Å²) in [5, 5.41) is 11.4. The summed E-state index contributed by atoms with van der Waals surface area (Å²) in [5.74, 6) is -1.48. The SMILES string of the molecule is O=C(O)[C@@H]1CCCN(C(=O)NCCCCC(F)(F)F)C1. The second-order valence-electron chi connectivity index (χ2n) is 4.93. The molecule has 116 valence electrons. The van der Waals surface area contributed by atoms with E-state index in [0.717, 1.165) is 0 Å². The van der Waals surface area contributed by atoms with Crippen LogP contribution in [0.5, 0.6) is 0 Å². The van der Waals surface area contributed by atoms with Gasteiger partial charge in [-0.2, -0.15) is 13.2 Å². The number of amides is 2. The van der Waals surface area contributed by atoms with Crippen LogP contribution in [-0.4, -0.2) is 47.8 Å². The number of carbonyl (C=O) groups is 2. The molecule has 1 saturated heterocycles. The largest absolute Gasteiger partial charge is 0.481 e. The average molecular weight is 296 g/mol. The van der Waals surface area contributed by atoms with Crippen molar-refractivity contribution in [1.29, 1.82) is 0 Å². The first kappa shape index (κ1) is 16.6. The lowest BCUT2D eigenvalue weighted by Crippen LogP contribution is -2.47. The lowest BCUT2D eigenvalue weighted by atomic mass is 9.99. The molecule has 5 nitrogen and oxygen atoms in total. The molecule has 1 atom stereocenters. The predicted octanol–water partition coefficient (Wildman–Crippen LogP) is 2.23. The zero-order valence-corrected chi connectivity index (χ0v) is 11.1. The molecule has 0 unspecified atom stereocenters. The fourth-order valence-corrected chi connectivity index (χ4v) is 2.12. The Labute approximate surface area is 115 Å². The highest BCUT2D eigenvalue weighted by Gasteiger charge is 2.28. The number of carboxylic acids is 1. The molecule has 20 heavy (non-hydrogen) atoms. The first-order valence-electron chi connectivity index (χ1n) is 6.62. The van der Waals surface area contributed by atoms with Gasteiger partial charge >= 0.3 is 18.2 Å². The molecule has 1 fully saturated rings. The van der Waals surface area contributed by atoms with Crippen LogP contribution in [0.3, 0.4) is 0 Å². The number of nitrogens with one attached hydrogen (secondary N) is 1. The van der Waals surface area contributed by atoms with Gasteiger partial charge in [0.1, 0.15) is 0 Å². The highest BCUT2D eigenvalue weighted by atomic mass is 19.4. The number of nitrogens with zero attached hydrogens (tertiary/aromatic N) is 1. The number of urea groups is 1. The lowest BCUT2D eigenvalue weighted by Gasteiger charge is -2.30. The predicted molar refractivity (Wildman–Crippen MR) is 65.2 cm³/mol. The fourth-order valence-electron chi connectivity index (χ4n) is 2.12. The second kappa shape index (κ2) is 7.35. The van der Waals surface area contributed by atoms with Crippen molar-refractivity contribution in [3.63, 3.8) is 0 Å². The number of halogens is 3. The molecular weight excluding hydrogens is 277 g/mol. The van der Waals surface area contributed by atoms with Crippen LogP contribution in [0.25, 0.3) is 0 Å². The number of likely N-dealkylation sites (tertiary alicyclic amines) is 1. The molecule has 0 aromatic rings. The molecule has 2 amide bonds. The standard InChI is InChI=1S/C12H19F3N2O3/c13-12(14,15)5-1-2-6-16-11(20)17-7-3-4-9(8-17)10(18)19/h9H,1-8H2,(H,16,20)(H,18,19)/t9-/m1/s1. The number of hydrogen-bond donors (Lipinski definition) is 2. The van der Waals surface area contributed by atoms with E-state index in [1.807, 2.05) is 0 Å². The summed E-state index contributed by atoms with van der Waals surface area (Å²) in [6, 6.07) is -0.400. The third-order valence-electron chi connectivity index (χ3n) is 3.22. The van der Waals surface area contributed by atoms with E-state index in [4.69, 9.17) is 5.11 Å². The Bertz CT molecular complexity index is 347. The van der Waals surface area contributed by atoms with Crippen molar-refractivity contribution in [1.82, 2.24) is 10.2 Å². The third-order valence-corrected chi connectivity index (χ3v) is 3.22. The number of aliphatic carboxylic acids is 1. The lowest BCUT2D eigenvalue weighted by molar-refractivity contribution is -0.143. The van der Waals surface area contributed by atoms with Crippen LogP contribution in [0.4, 0.5) is 18.0 Å². The minimum atomic E-state index is -4.16. The van der Waals surface area contributed by atoms with Crippen LogP contribution < -0.4 is 5.32 Å². The van der Waals surface area contributed by atoms with E-state index in [0.29, 0.717) is 19.4 Å². The van der Waals surface area contributed by atoms with Gasteiger partial charge in [0.05, 0.1) is 5.92 Å². The van der Waals surface area contributed by atoms with Crippen molar-refractivity contribution >= 4 is 12.0 Å². The number of hydrogen-bond acceptors (Lipinski definition) is 2. The monoisotopic (exact) mass is 296 g/mol. The first-order valence-corrected chi connectivity index (χ1v) is 6.62. The molecule has 0 radical (unpaired) electrons. The van der Waals surface area contributed by atoms with Crippen LogP contribution in [0.15, 0.2) is 0 Å². The number of piperidine rings is 1. The van der Waals surface area contributed by atoms with E-state index >= 15 is 0 Å². The molecule has 0 aliphatic carbocycles. The van der Waals surface area contributed by atoms with Gasteiger partial charge in [-0.05, 0) is 25.7 Å². The molecule has 0 bridgehead atoms. The Morgan fingerprint density at radius 1 is 1.30 bits per heavy atom. The zero-order valence-electron chi connectivity index (χ0n) is 11.1. The van der Waals surface area contributed by atoms with Crippen molar-refractivity contribution in [2.24, 2.45) is 5.92 Å². The molecule has 1 aliphatic heterocycles. The van der Waals surface area contributed by atoms with Gasteiger partial charge in [-0.3, -0.25) is 4.79 Å². The van der Waals surface area contributed by atoms with E-state index in [-0.39, 0.29) is 25.9 Å². The summed E-state index contributed by atoms with van der Waals surface area (Å²) in [7, 11) is 0. The summed E-state index contributed by atoms with van der Waals surface area (Å²) in [6.07, 6.45) is -3.62. The van der Waals surface area contributed by atoms with Gasteiger partial charge in [0.2, 0.25) is 0 Å². The Hall–Kier alpha value is -1.47. The Balaban J connectivity index is 2.20. The molecule has 1 rings (SSSR count). The molecule has 0 saturated carbocycles. The van der Waals surface area contributed by atoms with E-state index in [1.165, 1.54) is 4.90 Å². The van der Waals surface area contributed by atoms with Crippen molar-refractivity contribution < 1.29 is 27.9 Å². The van der Waals surface area contributed by atoms with Gasteiger partial charge in [0.25, 0.3) is 0 Å². The highest BCUT2D eigenvalue weighted by Crippen LogP contribution is 2.22. The van der Waals surface area contributed by atoms with Crippen molar-refractivity contribution in [2.45, 2.75) is 38.3 Å². The molecule has 0 aromatic carbocycles. The normalized spacial score (nSPS) is 19.8. The molecule has 0 spiro atoms. The maximum absolute atomic E-state index is 11.9. The third kappa shape index (κ3) is 6.12. The maximum atomic E-state index is 11.9. The molecule has 1 heterocycles. The van der Waals surface area contributed by atoms with Crippen molar-refractivity contribution in [3.05, 3.63) is 0 Å². The number of rotatable bonds is 5. The molecule has 8 heteroatoms. The van der Waals surface area contributed by atoms with Gasteiger partial charge in [-0.15, -0.1) is 0 Å². The van der Waals surface area contributed by atoms with E-state index in [1.54, 1.807) is 0 Å². The minimum Gasteiger partial charge on any atom is -0.481 e. The van der Waals surface area contributed by atoms with Crippen LogP contribution in [0.2, 0.25) is 0 Å². The zero-order chi connectivity index (χ0) is 15.2. The number of carboxylic acid groups (broad SMARTS) is 1. The van der Waals surface area contributed by atoms with E-state index in [9.17, 15) is 22.8 Å². The van der Waals surface area contributed by atoms with Gasteiger partial charge in [-0.1, -0.05) is 0 Å². The minimum absolute atomic E-state index is 0.0263. The summed E-state index contributed by atoms with van der Waals surface area (Å²) >= 11 is 0. The first-order chi connectivity index (χ1) is 9.29. The second-order valence-corrected chi connectivity index (χ2v) is 4.93. The maximum Gasteiger partial charge on any atom is 0.389 e. The van der Waals surface area contributed by atoms with Crippen molar-refractivity contribution in [2.75, 3.05) is 19.6 Å². The average Bonchev–Trinajstić information content (AvgIpc) is 2.37. The molecular formula is C12H19F3N2O3. The molecule has 0 aromatic heterocycles. The summed E-state index contributed by atoms with van der Waals surface area (Å²) in [6.45, 7) is 0.811. The van der Waals surface area contributed by atoms with Gasteiger partial charge < -0.3 is 15.3 Å². The number of unbranched alkanes of at least 4 members (excludes halogenated alkanes) is 1. The Kier molecular flexibility index (Phi) is 6.09. The quantitative estimate of drug-likeness (QED) is 0.764.